The Morgan fingerprint density at radius 2 is 1.84 bits per heavy atom. The van der Waals surface area contributed by atoms with Gasteiger partial charge in [-0.2, -0.15) is 8.42 Å². The minimum atomic E-state index is -3.80. The number of hydrogen-bond donors (Lipinski definition) is 4. The van der Waals surface area contributed by atoms with E-state index in [0.29, 0.717) is 9.13 Å². The van der Waals surface area contributed by atoms with E-state index in [2.05, 4.69) is 20.1 Å². The number of rotatable bonds is 9. The standard InChI is InChI=1S/C25H27FIN5O5S/c1-13-5-9-17(12-20(13)31-38(35,36)28-3)37-22-14(2)25(34)32(4)23(21(22)24(33)29-16-7-8-16)30-19-10-6-15(27)11-18(19)26/h5-6,9-12,16,28,30-31H,7-8H2,1-4H3,(H,29,33). The summed E-state index contributed by atoms with van der Waals surface area (Å²) < 4.78 is 51.5. The number of hydrogen-bond acceptors (Lipinski definition) is 6. The molecule has 0 radical (unpaired) electrons. The van der Waals surface area contributed by atoms with Crippen LogP contribution in [0.2, 0.25) is 0 Å². The Bertz CT molecular complexity index is 1590. The van der Waals surface area contributed by atoms with Crippen LogP contribution >= 0.6 is 22.6 Å². The van der Waals surface area contributed by atoms with Crippen molar-refractivity contribution in [3.8, 4) is 11.5 Å². The predicted octanol–water partition coefficient (Wildman–Crippen LogP) is 4.05. The molecule has 0 aliphatic heterocycles. The maximum absolute atomic E-state index is 14.7. The van der Waals surface area contributed by atoms with E-state index in [9.17, 15) is 22.4 Å². The molecule has 0 unspecified atom stereocenters. The molecule has 0 atom stereocenters. The van der Waals surface area contributed by atoms with E-state index in [-0.39, 0.29) is 45.9 Å². The Kier molecular flexibility index (Phi) is 7.99. The molecule has 0 saturated heterocycles. The predicted molar refractivity (Wildman–Crippen MR) is 152 cm³/mol. The number of carbonyl (C=O) groups excluding carboxylic acids is 1. The average molecular weight is 655 g/mol. The van der Waals surface area contributed by atoms with E-state index in [1.807, 2.05) is 22.6 Å². The topological polar surface area (TPSA) is 131 Å². The number of nitrogens with zero attached hydrogens (tertiary/aromatic N) is 1. The number of aryl methyl sites for hydroxylation is 1. The van der Waals surface area contributed by atoms with Gasteiger partial charge in [0.2, 0.25) is 0 Å². The molecule has 1 aliphatic carbocycles. The van der Waals surface area contributed by atoms with E-state index >= 15 is 0 Å². The molecule has 1 aromatic heterocycles. The van der Waals surface area contributed by atoms with Crippen LogP contribution in [0.15, 0.2) is 41.2 Å². The van der Waals surface area contributed by atoms with Gasteiger partial charge in [0.15, 0.2) is 5.75 Å². The minimum absolute atomic E-state index is 0.00212. The molecule has 13 heteroatoms. The molecular weight excluding hydrogens is 628 g/mol. The summed E-state index contributed by atoms with van der Waals surface area (Å²) >= 11 is 1.99. The van der Waals surface area contributed by atoms with Gasteiger partial charge in [0.25, 0.3) is 21.7 Å². The quantitative estimate of drug-likeness (QED) is 0.258. The fourth-order valence-corrected chi connectivity index (χ4v) is 4.75. The molecule has 1 aliphatic rings. The van der Waals surface area contributed by atoms with Gasteiger partial charge < -0.3 is 15.4 Å². The van der Waals surface area contributed by atoms with Gasteiger partial charge in [-0.1, -0.05) is 6.07 Å². The van der Waals surface area contributed by atoms with Crippen molar-refractivity contribution in [3.05, 3.63) is 72.8 Å². The highest BCUT2D eigenvalue weighted by Gasteiger charge is 2.30. The van der Waals surface area contributed by atoms with E-state index in [0.717, 1.165) is 12.8 Å². The lowest BCUT2D eigenvalue weighted by molar-refractivity contribution is 0.0948. The van der Waals surface area contributed by atoms with Crippen LogP contribution in [0.3, 0.4) is 0 Å². The summed E-state index contributed by atoms with van der Waals surface area (Å²) in [6.07, 6.45) is 1.65. The second kappa shape index (κ2) is 10.9. The van der Waals surface area contributed by atoms with Crippen molar-refractivity contribution in [3.63, 3.8) is 0 Å². The maximum atomic E-state index is 14.7. The van der Waals surface area contributed by atoms with Crippen LogP contribution in [0.5, 0.6) is 11.5 Å². The normalized spacial score (nSPS) is 13.2. The van der Waals surface area contributed by atoms with Crippen LogP contribution in [0.4, 0.5) is 21.6 Å². The van der Waals surface area contributed by atoms with E-state index in [4.69, 9.17) is 4.74 Å². The molecule has 3 aromatic rings. The summed E-state index contributed by atoms with van der Waals surface area (Å²) in [6.45, 7) is 3.24. The third-order valence-corrected chi connectivity index (χ3v) is 7.73. The number of nitrogens with one attached hydrogen (secondary N) is 4. The number of carbonyl (C=O) groups is 1. The van der Waals surface area contributed by atoms with E-state index < -0.39 is 27.5 Å². The highest BCUT2D eigenvalue weighted by atomic mass is 127. The Labute approximate surface area is 233 Å². The van der Waals surface area contributed by atoms with Crippen LogP contribution in [-0.2, 0) is 17.3 Å². The molecule has 2 aromatic carbocycles. The van der Waals surface area contributed by atoms with E-state index in [1.165, 1.54) is 43.8 Å². The second-order valence-corrected chi connectivity index (χ2v) is 11.8. The summed E-state index contributed by atoms with van der Waals surface area (Å²) in [4.78, 5) is 26.7. The Morgan fingerprint density at radius 3 is 2.47 bits per heavy atom. The van der Waals surface area contributed by atoms with Gasteiger partial charge in [0.05, 0.1) is 16.9 Å². The van der Waals surface area contributed by atoms with Crippen LogP contribution in [0.25, 0.3) is 0 Å². The average Bonchev–Trinajstić information content (AvgIpc) is 3.68. The molecule has 4 N–H and O–H groups in total. The summed E-state index contributed by atoms with van der Waals surface area (Å²) in [7, 11) is -1.04. The van der Waals surface area contributed by atoms with Gasteiger partial charge in [-0.05, 0) is 79.1 Å². The van der Waals surface area contributed by atoms with Gasteiger partial charge in [-0.25, -0.2) is 9.11 Å². The van der Waals surface area contributed by atoms with Gasteiger partial charge in [0, 0.05) is 29.8 Å². The number of pyridine rings is 1. The SMILES string of the molecule is CNS(=O)(=O)Nc1cc(Oc2c(C(=O)NC3CC3)c(Nc3ccc(I)cc3F)n(C)c(=O)c2C)ccc1C. The molecule has 1 amide bonds. The number of amides is 1. The zero-order chi connectivity index (χ0) is 27.8. The summed E-state index contributed by atoms with van der Waals surface area (Å²) in [6, 6.07) is 9.23. The zero-order valence-corrected chi connectivity index (χ0v) is 24.1. The number of ether oxygens (including phenoxy) is 1. The number of halogens is 2. The lowest BCUT2D eigenvalue weighted by Gasteiger charge is -2.21. The van der Waals surface area contributed by atoms with Gasteiger partial charge in [0.1, 0.15) is 22.9 Å². The molecular formula is C25H27FIN5O5S. The van der Waals surface area contributed by atoms with Crippen molar-refractivity contribution in [2.45, 2.75) is 32.7 Å². The van der Waals surface area contributed by atoms with Crippen molar-refractivity contribution < 1.29 is 22.3 Å². The maximum Gasteiger partial charge on any atom is 0.298 e. The third-order valence-electron chi connectivity index (χ3n) is 6.03. The van der Waals surface area contributed by atoms with Gasteiger partial charge in [-0.15, -0.1) is 0 Å². The zero-order valence-electron chi connectivity index (χ0n) is 21.1. The van der Waals surface area contributed by atoms with Crippen molar-refractivity contribution in [2.75, 3.05) is 17.1 Å². The molecule has 4 rings (SSSR count). The van der Waals surface area contributed by atoms with Gasteiger partial charge in [-0.3, -0.25) is 18.9 Å². The summed E-state index contributed by atoms with van der Waals surface area (Å²) in [5, 5.41) is 5.82. The molecule has 202 valence electrons. The first-order valence-corrected chi connectivity index (χ1v) is 14.2. The monoisotopic (exact) mass is 655 g/mol. The number of anilines is 3. The first kappa shape index (κ1) is 27.9. The third kappa shape index (κ3) is 6.10. The lowest BCUT2D eigenvalue weighted by atomic mass is 10.1. The number of benzene rings is 2. The highest BCUT2D eigenvalue weighted by molar-refractivity contribution is 14.1. The number of aromatic nitrogens is 1. The lowest BCUT2D eigenvalue weighted by Crippen LogP contribution is -2.31. The Hall–Kier alpha value is -3.17. The minimum Gasteiger partial charge on any atom is -0.456 e. The van der Waals surface area contributed by atoms with Crippen molar-refractivity contribution in [1.29, 1.82) is 0 Å². The second-order valence-electron chi connectivity index (χ2n) is 8.93. The van der Waals surface area contributed by atoms with Gasteiger partial charge >= 0.3 is 0 Å². The first-order chi connectivity index (χ1) is 17.9. The van der Waals surface area contributed by atoms with E-state index in [1.54, 1.807) is 25.1 Å². The molecule has 1 fully saturated rings. The Balaban J connectivity index is 1.85. The first-order valence-electron chi connectivity index (χ1n) is 11.7. The highest BCUT2D eigenvalue weighted by Crippen LogP contribution is 2.36. The summed E-state index contributed by atoms with van der Waals surface area (Å²) in [5.41, 5.74) is 0.670. The van der Waals surface area contributed by atoms with Crippen molar-refractivity contribution in [1.82, 2.24) is 14.6 Å². The largest absolute Gasteiger partial charge is 0.456 e. The molecule has 0 spiro atoms. The van der Waals surface area contributed by atoms with Crippen LogP contribution < -0.4 is 30.4 Å². The fraction of sp³-hybridized carbons (Fsp3) is 0.280. The smallest absolute Gasteiger partial charge is 0.298 e. The molecule has 0 bridgehead atoms. The molecule has 10 nitrogen and oxygen atoms in total. The summed E-state index contributed by atoms with van der Waals surface area (Å²) in [5.74, 6) is -0.825. The molecule has 38 heavy (non-hydrogen) atoms. The van der Waals surface area contributed by atoms with Crippen LogP contribution in [0, 0.1) is 23.2 Å². The van der Waals surface area contributed by atoms with Crippen molar-refractivity contribution >= 4 is 55.9 Å². The van der Waals surface area contributed by atoms with Crippen LogP contribution in [-0.4, -0.2) is 32.0 Å². The fourth-order valence-electron chi connectivity index (χ4n) is 3.69. The molecule has 1 heterocycles. The van der Waals surface area contributed by atoms with Crippen LogP contribution in [0.1, 0.15) is 34.3 Å². The molecule has 1 saturated carbocycles. The van der Waals surface area contributed by atoms with Crippen molar-refractivity contribution in [2.24, 2.45) is 7.05 Å². The Morgan fingerprint density at radius 1 is 1.13 bits per heavy atom.